The molecule has 9 heteroatoms. The molecular formula is C18H29IN6O2. The summed E-state index contributed by atoms with van der Waals surface area (Å²) >= 11 is 0. The highest BCUT2D eigenvalue weighted by Crippen LogP contribution is 2.27. The monoisotopic (exact) mass is 488 g/mol. The van der Waals surface area contributed by atoms with Gasteiger partial charge < -0.3 is 24.7 Å². The lowest BCUT2D eigenvalue weighted by atomic mass is 10.2. The Balaban J connectivity index is 0.00000364. The lowest BCUT2D eigenvalue weighted by molar-refractivity contribution is 0.354. The molecule has 1 heterocycles. The number of nitrogens with one attached hydrogen (secondary N) is 2. The third kappa shape index (κ3) is 6.89. The maximum Gasteiger partial charge on any atom is 0.191 e. The summed E-state index contributed by atoms with van der Waals surface area (Å²) in [7, 11) is 3.26. The van der Waals surface area contributed by atoms with Gasteiger partial charge in [-0.3, -0.25) is 0 Å². The lowest BCUT2D eigenvalue weighted by Gasteiger charge is -2.13. The number of aromatic nitrogens is 3. The van der Waals surface area contributed by atoms with Gasteiger partial charge in [0.05, 0.1) is 20.8 Å². The van der Waals surface area contributed by atoms with Gasteiger partial charge in [-0.2, -0.15) is 0 Å². The second kappa shape index (κ2) is 12.4. The number of ether oxygens (including phenoxy) is 2. The van der Waals surface area contributed by atoms with Crippen LogP contribution in [-0.2, 0) is 19.5 Å². The van der Waals surface area contributed by atoms with Crippen LogP contribution in [0.2, 0.25) is 0 Å². The number of nitrogens with zero attached hydrogens (tertiary/aromatic N) is 4. The molecule has 150 valence electrons. The van der Waals surface area contributed by atoms with E-state index in [1.54, 1.807) is 20.5 Å². The molecule has 8 nitrogen and oxygen atoms in total. The first-order valence-corrected chi connectivity index (χ1v) is 8.81. The van der Waals surface area contributed by atoms with E-state index in [1.807, 2.05) is 29.7 Å². The van der Waals surface area contributed by atoms with E-state index in [0.29, 0.717) is 18.0 Å². The molecule has 1 aromatic heterocycles. The number of rotatable bonds is 9. The molecule has 0 aliphatic rings. The van der Waals surface area contributed by atoms with Gasteiger partial charge in [0.1, 0.15) is 12.2 Å². The quantitative estimate of drug-likeness (QED) is 0.320. The summed E-state index contributed by atoms with van der Waals surface area (Å²) in [5.41, 5.74) is 1.05. The third-order valence-corrected chi connectivity index (χ3v) is 3.87. The molecule has 1 aromatic carbocycles. The van der Waals surface area contributed by atoms with Gasteiger partial charge in [0, 0.05) is 26.1 Å². The predicted molar refractivity (Wildman–Crippen MR) is 117 cm³/mol. The van der Waals surface area contributed by atoms with Crippen LogP contribution in [0.1, 0.15) is 25.2 Å². The van der Waals surface area contributed by atoms with Crippen molar-refractivity contribution < 1.29 is 9.47 Å². The van der Waals surface area contributed by atoms with Gasteiger partial charge in [0.25, 0.3) is 0 Å². The Kier molecular flexibility index (Phi) is 10.5. The van der Waals surface area contributed by atoms with E-state index in [2.05, 4.69) is 32.7 Å². The molecule has 27 heavy (non-hydrogen) atoms. The van der Waals surface area contributed by atoms with Crippen LogP contribution in [-0.4, -0.2) is 48.0 Å². The summed E-state index contributed by atoms with van der Waals surface area (Å²) in [6.07, 6.45) is 2.63. The zero-order valence-corrected chi connectivity index (χ0v) is 18.7. The Morgan fingerprint density at radius 2 is 1.93 bits per heavy atom. The zero-order chi connectivity index (χ0) is 18.8. The Morgan fingerprint density at radius 3 is 2.59 bits per heavy atom. The van der Waals surface area contributed by atoms with Gasteiger partial charge in [-0.1, -0.05) is 13.0 Å². The zero-order valence-electron chi connectivity index (χ0n) is 16.4. The van der Waals surface area contributed by atoms with Gasteiger partial charge in [-0.25, -0.2) is 4.99 Å². The Labute approximate surface area is 177 Å². The van der Waals surface area contributed by atoms with Crippen LogP contribution in [0.3, 0.4) is 0 Å². The van der Waals surface area contributed by atoms with Crippen molar-refractivity contribution in [2.45, 2.75) is 33.4 Å². The normalized spacial score (nSPS) is 10.9. The van der Waals surface area contributed by atoms with Gasteiger partial charge in [0.15, 0.2) is 17.5 Å². The van der Waals surface area contributed by atoms with E-state index in [9.17, 15) is 0 Å². The molecule has 2 rings (SSSR count). The van der Waals surface area contributed by atoms with Crippen LogP contribution in [0.15, 0.2) is 29.5 Å². The number of methoxy groups -OCH3 is 2. The van der Waals surface area contributed by atoms with E-state index in [1.165, 1.54) is 0 Å². The smallest absolute Gasteiger partial charge is 0.191 e. The van der Waals surface area contributed by atoms with Gasteiger partial charge in [-0.05, 0) is 24.6 Å². The summed E-state index contributed by atoms with van der Waals surface area (Å²) < 4.78 is 12.7. The van der Waals surface area contributed by atoms with Crippen LogP contribution in [0, 0.1) is 0 Å². The average molecular weight is 488 g/mol. The minimum absolute atomic E-state index is 0. The molecule has 0 unspecified atom stereocenters. The maximum absolute atomic E-state index is 5.34. The molecule has 0 fully saturated rings. The minimum atomic E-state index is 0. The van der Waals surface area contributed by atoms with E-state index in [-0.39, 0.29) is 24.0 Å². The largest absolute Gasteiger partial charge is 0.493 e. The van der Waals surface area contributed by atoms with Crippen molar-refractivity contribution in [3.05, 3.63) is 35.9 Å². The second-order valence-corrected chi connectivity index (χ2v) is 5.61. The van der Waals surface area contributed by atoms with E-state index < -0.39 is 0 Å². The SMILES string of the molecule is CCNC(=NCc1ccc(OC)c(OC)c1)NCCn1cnnc1CC.I. The highest BCUT2D eigenvalue weighted by atomic mass is 127. The number of aliphatic imine (C=N–C) groups is 1. The molecule has 2 aromatic rings. The Morgan fingerprint density at radius 1 is 1.15 bits per heavy atom. The molecular weight excluding hydrogens is 459 g/mol. The number of halogens is 1. The highest BCUT2D eigenvalue weighted by Gasteiger charge is 2.05. The number of aryl methyl sites for hydroxylation is 1. The fourth-order valence-electron chi connectivity index (χ4n) is 2.53. The van der Waals surface area contributed by atoms with Crippen molar-refractivity contribution in [2.75, 3.05) is 27.3 Å². The van der Waals surface area contributed by atoms with Crippen LogP contribution < -0.4 is 20.1 Å². The van der Waals surface area contributed by atoms with E-state index in [4.69, 9.17) is 9.47 Å². The summed E-state index contributed by atoms with van der Waals surface area (Å²) in [6, 6.07) is 5.82. The number of guanidine groups is 1. The molecule has 0 saturated heterocycles. The standard InChI is InChI=1S/C18H28N6O2.HI/c1-5-17-23-22-13-24(17)10-9-20-18(19-6-2)21-12-14-7-8-15(25-3)16(11-14)26-4;/h7-8,11,13H,5-6,9-10,12H2,1-4H3,(H2,19,20,21);1H. The van der Waals surface area contributed by atoms with Crippen molar-refractivity contribution in [1.29, 1.82) is 0 Å². The summed E-state index contributed by atoms with van der Waals surface area (Å²) in [5.74, 6) is 3.18. The molecule has 0 bridgehead atoms. The molecule has 0 amide bonds. The summed E-state index contributed by atoms with van der Waals surface area (Å²) in [5, 5.41) is 14.6. The summed E-state index contributed by atoms with van der Waals surface area (Å²) in [4.78, 5) is 4.63. The van der Waals surface area contributed by atoms with E-state index in [0.717, 1.165) is 43.4 Å². The number of hydrogen-bond acceptors (Lipinski definition) is 5. The minimum Gasteiger partial charge on any atom is -0.493 e. The molecule has 0 aliphatic carbocycles. The molecule has 0 saturated carbocycles. The fourth-order valence-corrected chi connectivity index (χ4v) is 2.53. The fraction of sp³-hybridized carbons (Fsp3) is 0.500. The van der Waals surface area contributed by atoms with Crippen LogP contribution in [0.5, 0.6) is 11.5 Å². The van der Waals surface area contributed by atoms with Gasteiger partial charge in [-0.15, -0.1) is 34.2 Å². The highest BCUT2D eigenvalue weighted by molar-refractivity contribution is 14.0. The third-order valence-electron chi connectivity index (χ3n) is 3.87. The number of benzene rings is 1. The van der Waals surface area contributed by atoms with Crippen LogP contribution in [0.25, 0.3) is 0 Å². The molecule has 0 spiro atoms. The van der Waals surface area contributed by atoms with Crippen LogP contribution in [0.4, 0.5) is 0 Å². The van der Waals surface area contributed by atoms with Crippen molar-refractivity contribution in [2.24, 2.45) is 4.99 Å². The molecule has 0 atom stereocenters. The Hall–Kier alpha value is -2.04. The molecule has 0 radical (unpaired) electrons. The lowest BCUT2D eigenvalue weighted by Crippen LogP contribution is -2.38. The second-order valence-electron chi connectivity index (χ2n) is 5.61. The first-order chi connectivity index (χ1) is 12.7. The summed E-state index contributed by atoms with van der Waals surface area (Å²) in [6.45, 7) is 6.98. The molecule has 0 aliphatic heterocycles. The van der Waals surface area contributed by atoms with Crippen molar-refractivity contribution in [3.63, 3.8) is 0 Å². The average Bonchev–Trinajstić information content (AvgIpc) is 3.13. The van der Waals surface area contributed by atoms with Gasteiger partial charge in [0.2, 0.25) is 0 Å². The van der Waals surface area contributed by atoms with Gasteiger partial charge >= 0.3 is 0 Å². The first-order valence-electron chi connectivity index (χ1n) is 8.81. The van der Waals surface area contributed by atoms with Crippen molar-refractivity contribution >= 4 is 29.9 Å². The maximum atomic E-state index is 5.34. The van der Waals surface area contributed by atoms with E-state index >= 15 is 0 Å². The van der Waals surface area contributed by atoms with Crippen molar-refractivity contribution in [3.8, 4) is 11.5 Å². The topological polar surface area (TPSA) is 85.6 Å². The Bertz CT molecular complexity index is 720. The van der Waals surface area contributed by atoms with Crippen LogP contribution >= 0.6 is 24.0 Å². The predicted octanol–water partition coefficient (Wildman–Crippen LogP) is 2.23. The first kappa shape index (κ1) is 23.0. The number of hydrogen-bond donors (Lipinski definition) is 2. The van der Waals surface area contributed by atoms with Crippen molar-refractivity contribution in [1.82, 2.24) is 25.4 Å². The molecule has 2 N–H and O–H groups in total.